The van der Waals surface area contributed by atoms with Crippen molar-refractivity contribution in [3.63, 3.8) is 0 Å². The van der Waals surface area contributed by atoms with Gasteiger partial charge in [-0.15, -0.1) is 0 Å². The third-order valence-corrected chi connectivity index (χ3v) is 5.31. The number of benzene rings is 2. The van der Waals surface area contributed by atoms with Crippen molar-refractivity contribution in [3.05, 3.63) is 72.3 Å². The average molecular weight is 272 g/mol. The Kier molecular flexibility index (Phi) is 3.86. The maximum absolute atomic E-state index is 12.5. The summed E-state index contributed by atoms with van der Waals surface area (Å²) < 4.78 is 25.0. The molecule has 0 amide bonds. The first kappa shape index (κ1) is 13.6. The molecule has 0 aliphatic carbocycles. The van der Waals surface area contributed by atoms with E-state index in [4.69, 9.17) is 0 Å². The topological polar surface area (TPSA) is 34.1 Å². The molecule has 98 valence electrons. The van der Waals surface area contributed by atoms with Crippen LogP contribution in [-0.2, 0) is 9.84 Å². The van der Waals surface area contributed by atoms with Crippen LogP contribution in [0.2, 0.25) is 0 Å². The lowest BCUT2D eigenvalue weighted by molar-refractivity contribution is 0.586. The van der Waals surface area contributed by atoms with Crippen LogP contribution in [-0.4, -0.2) is 8.42 Å². The van der Waals surface area contributed by atoms with Crippen LogP contribution in [0.3, 0.4) is 0 Å². The molecule has 0 aliphatic rings. The lowest BCUT2D eigenvalue weighted by Gasteiger charge is -2.13. The van der Waals surface area contributed by atoms with Gasteiger partial charge in [0.25, 0.3) is 0 Å². The third-order valence-electron chi connectivity index (χ3n) is 3.18. The van der Waals surface area contributed by atoms with E-state index in [9.17, 15) is 8.42 Å². The summed E-state index contributed by atoms with van der Waals surface area (Å²) in [5.74, 6) is 0. The van der Waals surface area contributed by atoms with Gasteiger partial charge in [-0.2, -0.15) is 0 Å². The Morgan fingerprint density at radius 2 is 1.58 bits per heavy atom. The molecule has 0 N–H and O–H groups in total. The molecule has 0 saturated carbocycles. The molecule has 0 aliphatic heterocycles. The molecule has 0 bridgehead atoms. The highest BCUT2D eigenvalue weighted by Gasteiger charge is 2.24. The summed E-state index contributed by atoms with van der Waals surface area (Å²) in [7, 11) is -3.35. The standard InChI is InChI=1S/C16H16O2S/c1-3-14-9-11-16(12-10-14)19(17,18)13(2)15-7-5-4-6-8-15/h3-13H,1H2,2H3. The van der Waals surface area contributed by atoms with Crippen LogP contribution < -0.4 is 0 Å². The maximum atomic E-state index is 12.5. The van der Waals surface area contributed by atoms with Gasteiger partial charge < -0.3 is 0 Å². The van der Waals surface area contributed by atoms with Gasteiger partial charge in [-0.1, -0.05) is 55.1 Å². The molecule has 3 heteroatoms. The van der Waals surface area contributed by atoms with Gasteiger partial charge in [0.2, 0.25) is 0 Å². The normalized spacial score (nSPS) is 12.9. The first-order valence-corrected chi connectivity index (χ1v) is 7.61. The Morgan fingerprint density at radius 3 is 2.11 bits per heavy atom. The summed E-state index contributed by atoms with van der Waals surface area (Å²) in [6, 6.07) is 16.0. The first-order chi connectivity index (χ1) is 9.05. The summed E-state index contributed by atoms with van der Waals surface area (Å²) in [5, 5.41) is -0.553. The second-order valence-corrected chi connectivity index (χ2v) is 6.64. The Balaban J connectivity index is 2.39. The van der Waals surface area contributed by atoms with E-state index in [0.29, 0.717) is 4.90 Å². The largest absolute Gasteiger partial charge is 0.223 e. The van der Waals surface area contributed by atoms with Crippen LogP contribution in [0.4, 0.5) is 0 Å². The van der Waals surface area contributed by atoms with Crippen LogP contribution in [0.1, 0.15) is 23.3 Å². The summed E-state index contributed by atoms with van der Waals surface area (Å²) in [5.41, 5.74) is 1.71. The van der Waals surface area contributed by atoms with E-state index in [1.165, 1.54) is 0 Å². The van der Waals surface area contributed by atoms with Gasteiger partial charge in [0.05, 0.1) is 10.1 Å². The zero-order valence-corrected chi connectivity index (χ0v) is 11.6. The van der Waals surface area contributed by atoms with E-state index in [0.717, 1.165) is 11.1 Å². The fourth-order valence-electron chi connectivity index (χ4n) is 1.90. The predicted octanol–water partition coefficient (Wildman–Crippen LogP) is 3.86. The van der Waals surface area contributed by atoms with Crippen LogP contribution in [0.15, 0.2) is 66.1 Å². The van der Waals surface area contributed by atoms with Crippen molar-refractivity contribution in [2.45, 2.75) is 17.1 Å². The van der Waals surface area contributed by atoms with Gasteiger partial charge in [-0.25, -0.2) is 8.42 Å². The van der Waals surface area contributed by atoms with E-state index in [2.05, 4.69) is 6.58 Å². The molecule has 0 saturated heterocycles. The second-order valence-electron chi connectivity index (χ2n) is 4.37. The molecule has 0 spiro atoms. The Hall–Kier alpha value is -1.87. The van der Waals surface area contributed by atoms with E-state index < -0.39 is 15.1 Å². The molecule has 0 heterocycles. The van der Waals surface area contributed by atoms with Gasteiger partial charge in [-0.05, 0) is 30.2 Å². The Morgan fingerprint density at radius 1 is 1.00 bits per heavy atom. The van der Waals surface area contributed by atoms with Gasteiger partial charge in [0, 0.05) is 0 Å². The number of rotatable bonds is 4. The summed E-state index contributed by atoms with van der Waals surface area (Å²) in [4.78, 5) is 0.342. The van der Waals surface area contributed by atoms with E-state index in [-0.39, 0.29) is 0 Å². The minimum atomic E-state index is -3.35. The van der Waals surface area contributed by atoms with E-state index >= 15 is 0 Å². The number of hydrogen-bond acceptors (Lipinski definition) is 2. The van der Waals surface area contributed by atoms with Crippen molar-refractivity contribution in [1.29, 1.82) is 0 Å². The minimum absolute atomic E-state index is 0.342. The zero-order chi connectivity index (χ0) is 13.9. The predicted molar refractivity (Wildman–Crippen MR) is 78.6 cm³/mol. The molecular formula is C16H16O2S. The van der Waals surface area contributed by atoms with Crippen LogP contribution in [0, 0.1) is 0 Å². The van der Waals surface area contributed by atoms with Crippen molar-refractivity contribution >= 4 is 15.9 Å². The number of hydrogen-bond donors (Lipinski definition) is 0. The first-order valence-electron chi connectivity index (χ1n) is 6.07. The van der Waals surface area contributed by atoms with E-state index in [1.807, 2.05) is 30.3 Å². The molecule has 19 heavy (non-hydrogen) atoms. The van der Waals surface area contributed by atoms with Crippen LogP contribution >= 0.6 is 0 Å². The maximum Gasteiger partial charge on any atom is 0.185 e. The smallest absolute Gasteiger partial charge is 0.185 e. The lowest BCUT2D eigenvalue weighted by Crippen LogP contribution is -2.10. The van der Waals surface area contributed by atoms with Crippen molar-refractivity contribution in [2.75, 3.05) is 0 Å². The molecule has 2 rings (SSSR count). The fourth-order valence-corrected chi connectivity index (χ4v) is 3.34. The highest BCUT2D eigenvalue weighted by atomic mass is 32.2. The Bertz CT molecular complexity index is 656. The molecule has 0 aromatic heterocycles. The average Bonchev–Trinajstić information content (AvgIpc) is 2.47. The molecule has 2 aromatic rings. The molecule has 1 unspecified atom stereocenters. The minimum Gasteiger partial charge on any atom is -0.223 e. The van der Waals surface area contributed by atoms with Crippen LogP contribution in [0.5, 0.6) is 0 Å². The summed E-state index contributed by atoms with van der Waals surface area (Å²) >= 11 is 0. The van der Waals surface area contributed by atoms with Crippen molar-refractivity contribution in [3.8, 4) is 0 Å². The molecule has 0 fully saturated rings. The molecule has 1 atom stereocenters. The van der Waals surface area contributed by atoms with Crippen LogP contribution in [0.25, 0.3) is 6.08 Å². The zero-order valence-electron chi connectivity index (χ0n) is 10.8. The molecular weight excluding hydrogens is 256 g/mol. The van der Waals surface area contributed by atoms with Crippen molar-refractivity contribution in [1.82, 2.24) is 0 Å². The van der Waals surface area contributed by atoms with Crippen molar-refractivity contribution < 1.29 is 8.42 Å². The summed E-state index contributed by atoms with van der Waals surface area (Å²) in [6.07, 6.45) is 1.69. The highest BCUT2D eigenvalue weighted by Crippen LogP contribution is 2.28. The molecule has 2 aromatic carbocycles. The van der Waals surface area contributed by atoms with Gasteiger partial charge in [0.1, 0.15) is 0 Å². The van der Waals surface area contributed by atoms with Crippen molar-refractivity contribution in [2.24, 2.45) is 0 Å². The monoisotopic (exact) mass is 272 g/mol. The quantitative estimate of drug-likeness (QED) is 0.846. The lowest BCUT2D eigenvalue weighted by atomic mass is 10.2. The molecule has 2 nitrogen and oxygen atoms in total. The Labute approximate surface area is 114 Å². The fraction of sp³-hybridized carbons (Fsp3) is 0.125. The second kappa shape index (κ2) is 5.41. The molecule has 0 radical (unpaired) electrons. The number of sulfone groups is 1. The summed E-state index contributed by atoms with van der Waals surface area (Å²) in [6.45, 7) is 5.37. The highest BCUT2D eigenvalue weighted by molar-refractivity contribution is 7.91. The van der Waals surface area contributed by atoms with E-state index in [1.54, 1.807) is 37.3 Å². The SMILES string of the molecule is C=Cc1ccc(S(=O)(=O)C(C)c2ccccc2)cc1. The van der Waals surface area contributed by atoms with Gasteiger partial charge in [-0.3, -0.25) is 0 Å². The third kappa shape index (κ3) is 2.76. The van der Waals surface area contributed by atoms with Gasteiger partial charge in [0.15, 0.2) is 9.84 Å². The van der Waals surface area contributed by atoms with Gasteiger partial charge >= 0.3 is 0 Å².